The summed E-state index contributed by atoms with van der Waals surface area (Å²) in [6.07, 6.45) is 7.03. The average molecular weight is 389 g/mol. The fourth-order valence-electron chi connectivity index (χ4n) is 5.02. The van der Waals surface area contributed by atoms with Crippen LogP contribution in [0.2, 0.25) is 0 Å². The lowest BCUT2D eigenvalue weighted by Crippen LogP contribution is -2.35. The molecule has 2 aromatic carbocycles. The summed E-state index contributed by atoms with van der Waals surface area (Å²) in [6.45, 7) is 3.25. The Morgan fingerprint density at radius 3 is 2.72 bits per heavy atom. The molecular weight excluding hydrogens is 360 g/mol. The van der Waals surface area contributed by atoms with Crippen LogP contribution in [-0.2, 0) is 12.8 Å². The van der Waals surface area contributed by atoms with Gasteiger partial charge in [-0.2, -0.15) is 0 Å². The van der Waals surface area contributed by atoms with Crippen LogP contribution in [0.5, 0.6) is 5.75 Å². The number of Topliss-reactive ketones (excluding diaryl/α,β-unsaturated/α-hetero) is 1. The molecule has 4 heteroatoms. The maximum atomic E-state index is 12.1. The Morgan fingerprint density at radius 1 is 1.07 bits per heavy atom. The van der Waals surface area contributed by atoms with Gasteiger partial charge in [0.15, 0.2) is 5.78 Å². The third-order valence-electron chi connectivity index (χ3n) is 6.71. The lowest BCUT2D eigenvalue weighted by Gasteiger charge is -2.33. The van der Waals surface area contributed by atoms with Gasteiger partial charge in [-0.05, 0) is 66.5 Å². The Labute approximate surface area is 172 Å². The minimum Gasteiger partial charge on any atom is -0.496 e. The van der Waals surface area contributed by atoms with Crippen molar-refractivity contribution < 1.29 is 9.53 Å². The third-order valence-corrected chi connectivity index (χ3v) is 6.71. The molecular formula is C25H28N2O2. The number of piperidine rings is 1. The van der Waals surface area contributed by atoms with Gasteiger partial charge in [0.05, 0.1) is 7.11 Å². The molecule has 5 rings (SSSR count). The number of methoxy groups -OCH3 is 1. The Kier molecular flexibility index (Phi) is 4.88. The third kappa shape index (κ3) is 3.46. The second-order valence-corrected chi connectivity index (χ2v) is 8.35. The fourth-order valence-corrected chi connectivity index (χ4v) is 5.02. The average Bonchev–Trinajstić information content (AvgIpc) is 3.35. The molecule has 3 aromatic rings. The van der Waals surface area contributed by atoms with Gasteiger partial charge < -0.3 is 14.2 Å². The van der Waals surface area contributed by atoms with E-state index in [0.29, 0.717) is 12.5 Å². The standard InChI is InChI=1S/C25H28N2O2/c1-29-25-17-19-6-7-24(28)22(19)16-20(25)8-12-26-13-10-21(11-14-26)27-15-9-18-4-2-3-5-23(18)27/h2-5,9,15-17,21H,6-8,10-14H2,1H3. The van der Waals surface area contributed by atoms with Gasteiger partial charge in [-0.25, -0.2) is 0 Å². The van der Waals surface area contributed by atoms with Gasteiger partial charge in [0.25, 0.3) is 0 Å². The lowest BCUT2D eigenvalue weighted by molar-refractivity contribution is 0.0994. The van der Waals surface area contributed by atoms with Gasteiger partial charge in [-0.15, -0.1) is 0 Å². The van der Waals surface area contributed by atoms with E-state index < -0.39 is 0 Å². The Hall–Kier alpha value is -2.59. The van der Waals surface area contributed by atoms with Crippen molar-refractivity contribution in [3.63, 3.8) is 0 Å². The fraction of sp³-hybridized carbons (Fsp3) is 0.400. The minimum absolute atomic E-state index is 0.281. The molecule has 1 fully saturated rings. The van der Waals surface area contributed by atoms with Gasteiger partial charge in [0, 0.05) is 49.4 Å². The van der Waals surface area contributed by atoms with Crippen LogP contribution in [0.3, 0.4) is 0 Å². The quantitative estimate of drug-likeness (QED) is 0.638. The Morgan fingerprint density at radius 2 is 1.90 bits per heavy atom. The van der Waals surface area contributed by atoms with E-state index in [1.165, 1.54) is 29.3 Å². The number of ether oxygens (including phenoxy) is 1. The molecule has 0 atom stereocenters. The summed E-state index contributed by atoms with van der Waals surface area (Å²) in [5, 5.41) is 1.33. The Bertz CT molecular complexity index is 1040. The number of benzene rings is 2. The normalized spacial score (nSPS) is 17.8. The highest BCUT2D eigenvalue weighted by Crippen LogP contribution is 2.31. The molecule has 0 radical (unpaired) electrons. The van der Waals surface area contributed by atoms with Crippen molar-refractivity contribution in [2.75, 3.05) is 26.7 Å². The molecule has 29 heavy (non-hydrogen) atoms. The molecule has 0 spiro atoms. The number of carbonyl (C=O) groups excluding carboxylic acids is 1. The number of rotatable bonds is 5. The lowest BCUT2D eigenvalue weighted by atomic mass is 10.0. The van der Waals surface area contributed by atoms with Crippen molar-refractivity contribution in [2.24, 2.45) is 0 Å². The SMILES string of the molecule is COc1cc2c(cc1CCN1CCC(n3ccc4ccccc43)CC1)C(=O)CC2. The summed E-state index contributed by atoms with van der Waals surface area (Å²) < 4.78 is 8.08. The number of hydrogen-bond acceptors (Lipinski definition) is 3. The summed E-state index contributed by atoms with van der Waals surface area (Å²) in [5.41, 5.74) is 4.58. The van der Waals surface area contributed by atoms with Crippen molar-refractivity contribution in [3.05, 3.63) is 65.4 Å². The summed E-state index contributed by atoms with van der Waals surface area (Å²) in [6, 6.07) is 15.6. The molecule has 0 amide bonds. The molecule has 4 nitrogen and oxygen atoms in total. The van der Waals surface area contributed by atoms with E-state index in [1.807, 2.05) is 0 Å². The summed E-state index contributed by atoms with van der Waals surface area (Å²) in [4.78, 5) is 14.7. The first-order valence-corrected chi connectivity index (χ1v) is 10.7. The second-order valence-electron chi connectivity index (χ2n) is 8.35. The first kappa shape index (κ1) is 18.4. The molecule has 1 aliphatic carbocycles. The number of nitrogens with zero attached hydrogens (tertiary/aromatic N) is 2. The molecule has 0 saturated carbocycles. The summed E-state index contributed by atoms with van der Waals surface area (Å²) in [7, 11) is 1.73. The molecule has 2 heterocycles. The van der Waals surface area contributed by atoms with E-state index in [4.69, 9.17) is 4.74 Å². The van der Waals surface area contributed by atoms with Crippen LogP contribution in [0, 0.1) is 0 Å². The maximum Gasteiger partial charge on any atom is 0.163 e. The first-order valence-electron chi connectivity index (χ1n) is 10.7. The van der Waals surface area contributed by atoms with E-state index in [2.05, 4.69) is 58.1 Å². The van der Waals surface area contributed by atoms with Crippen LogP contribution in [0.15, 0.2) is 48.7 Å². The smallest absolute Gasteiger partial charge is 0.163 e. The van der Waals surface area contributed by atoms with Gasteiger partial charge >= 0.3 is 0 Å². The van der Waals surface area contributed by atoms with Gasteiger partial charge in [-0.3, -0.25) is 4.79 Å². The molecule has 0 unspecified atom stereocenters. The zero-order chi connectivity index (χ0) is 19.8. The molecule has 0 N–H and O–H groups in total. The monoisotopic (exact) mass is 388 g/mol. The predicted octanol–water partition coefficient (Wildman–Crippen LogP) is 4.66. The highest BCUT2D eigenvalue weighted by Gasteiger charge is 2.24. The van der Waals surface area contributed by atoms with E-state index in [0.717, 1.165) is 49.4 Å². The van der Waals surface area contributed by atoms with Crippen molar-refractivity contribution in [2.45, 2.75) is 38.1 Å². The van der Waals surface area contributed by atoms with Crippen LogP contribution in [0.25, 0.3) is 10.9 Å². The summed E-state index contributed by atoms with van der Waals surface area (Å²) >= 11 is 0. The minimum atomic E-state index is 0.281. The van der Waals surface area contributed by atoms with Gasteiger partial charge in [0.1, 0.15) is 5.75 Å². The zero-order valence-electron chi connectivity index (χ0n) is 17.1. The number of hydrogen-bond donors (Lipinski definition) is 0. The number of likely N-dealkylation sites (tertiary alicyclic amines) is 1. The van der Waals surface area contributed by atoms with E-state index >= 15 is 0 Å². The van der Waals surface area contributed by atoms with E-state index in [1.54, 1.807) is 7.11 Å². The molecule has 2 aliphatic rings. The number of fused-ring (bicyclic) bond motifs is 2. The van der Waals surface area contributed by atoms with E-state index in [9.17, 15) is 4.79 Å². The first-order chi connectivity index (χ1) is 14.2. The topological polar surface area (TPSA) is 34.5 Å². The van der Waals surface area contributed by atoms with Crippen LogP contribution in [0.4, 0.5) is 0 Å². The molecule has 0 bridgehead atoms. The van der Waals surface area contributed by atoms with Crippen molar-refractivity contribution in [1.82, 2.24) is 9.47 Å². The Balaban J connectivity index is 1.23. The molecule has 150 valence electrons. The number of aromatic nitrogens is 1. The van der Waals surface area contributed by atoms with Crippen molar-refractivity contribution in [3.8, 4) is 5.75 Å². The number of ketones is 1. The van der Waals surface area contributed by atoms with Crippen LogP contribution in [0.1, 0.15) is 46.8 Å². The number of carbonyl (C=O) groups is 1. The van der Waals surface area contributed by atoms with Gasteiger partial charge in [0.2, 0.25) is 0 Å². The summed E-state index contributed by atoms with van der Waals surface area (Å²) in [5.74, 6) is 1.22. The van der Waals surface area contributed by atoms with Crippen molar-refractivity contribution >= 4 is 16.7 Å². The molecule has 1 aliphatic heterocycles. The zero-order valence-corrected chi connectivity index (χ0v) is 17.1. The highest BCUT2D eigenvalue weighted by atomic mass is 16.5. The van der Waals surface area contributed by atoms with Crippen LogP contribution < -0.4 is 4.74 Å². The maximum absolute atomic E-state index is 12.1. The second kappa shape index (κ2) is 7.68. The largest absolute Gasteiger partial charge is 0.496 e. The van der Waals surface area contributed by atoms with Crippen molar-refractivity contribution in [1.29, 1.82) is 0 Å². The molecule has 1 saturated heterocycles. The number of aryl methyl sites for hydroxylation is 1. The highest BCUT2D eigenvalue weighted by molar-refractivity contribution is 6.00. The van der Waals surface area contributed by atoms with E-state index in [-0.39, 0.29) is 5.78 Å². The molecule has 1 aromatic heterocycles. The van der Waals surface area contributed by atoms with Gasteiger partial charge in [-0.1, -0.05) is 18.2 Å². The number of para-hydroxylation sites is 1. The van der Waals surface area contributed by atoms with Crippen LogP contribution in [-0.4, -0.2) is 42.0 Å². The van der Waals surface area contributed by atoms with Crippen LogP contribution >= 0.6 is 0 Å². The predicted molar refractivity (Wildman–Crippen MR) is 116 cm³/mol.